The first-order chi connectivity index (χ1) is 10.3. The molecule has 0 bridgehead atoms. The van der Waals surface area contributed by atoms with Crippen LogP contribution in [0, 0.1) is 0 Å². The molecule has 0 saturated heterocycles. The number of anilines is 1. The number of methoxy groups -OCH3 is 1. The molecule has 1 saturated carbocycles. The number of aromatic nitrogens is 1. The molecule has 4 nitrogen and oxygen atoms in total. The number of benzene rings is 1. The van der Waals surface area contributed by atoms with E-state index in [2.05, 4.69) is 16.4 Å². The van der Waals surface area contributed by atoms with Gasteiger partial charge in [-0.3, -0.25) is 0 Å². The summed E-state index contributed by atoms with van der Waals surface area (Å²) in [6, 6.07) is 12.8. The third-order valence-electron chi connectivity index (χ3n) is 4.01. The maximum atomic E-state index is 5.94. The standard InChI is InChI=1S/C17H21N3O/c1-21-16-5-3-2-4-15(16)12-6-9-17(19-11-12)20-14-8-7-13(18)10-14/h2-6,9,11,13-14H,7-8,10,18H2,1H3,(H,19,20)/t13-,14-/m0/s1. The summed E-state index contributed by atoms with van der Waals surface area (Å²) in [4.78, 5) is 4.51. The molecule has 1 aromatic carbocycles. The molecule has 1 fully saturated rings. The average molecular weight is 283 g/mol. The minimum Gasteiger partial charge on any atom is -0.496 e. The Morgan fingerprint density at radius 2 is 2.05 bits per heavy atom. The zero-order valence-corrected chi connectivity index (χ0v) is 12.3. The largest absolute Gasteiger partial charge is 0.496 e. The first kappa shape index (κ1) is 13.9. The maximum Gasteiger partial charge on any atom is 0.126 e. The Hall–Kier alpha value is -2.07. The summed E-state index contributed by atoms with van der Waals surface area (Å²) in [5.74, 6) is 1.77. The molecule has 110 valence electrons. The van der Waals surface area contributed by atoms with E-state index in [0.717, 1.165) is 42.0 Å². The summed E-state index contributed by atoms with van der Waals surface area (Å²) < 4.78 is 5.39. The van der Waals surface area contributed by atoms with Crippen molar-refractivity contribution in [1.29, 1.82) is 0 Å². The van der Waals surface area contributed by atoms with Gasteiger partial charge >= 0.3 is 0 Å². The van der Waals surface area contributed by atoms with Gasteiger partial charge in [-0.25, -0.2) is 4.98 Å². The topological polar surface area (TPSA) is 60.2 Å². The number of para-hydroxylation sites is 1. The molecule has 0 spiro atoms. The van der Waals surface area contributed by atoms with Crippen LogP contribution in [0.4, 0.5) is 5.82 Å². The molecule has 1 heterocycles. The number of hydrogen-bond acceptors (Lipinski definition) is 4. The molecule has 1 aliphatic rings. The van der Waals surface area contributed by atoms with Crippen LogP contribution < -0.4 is 15.8 Å². The van der Waals surface area contributed by atoms with Crippen molar-refractivity contribution >= 4 is 5.82 Å². The predicted octanol–water partition coefficient (Wildman–Crippen LogP) is 3.05. The van der Waals surface area contributed by atoms with Crippen LogP contribution in [0.1, 0.15) is 19.3 Å². The van der Waals surface area contributed by atoms with E-state index in [1.54, 1.807) is 7.11 Å². The molecule has 3 N–H and O–H groups in total. The van der Waals surface area contributed by atoms with Crippen LogP contribution in [-0.4, -0.2) is 24.2 Å². The van der Waals surface area contributed by atoms with Crippen molar-refractivity contribution < 1.29 is 4.74 Å². The maximum absolute atomic E-state index is 5.94. The summed E-state index contributed by atoms with van der Waals surface area (Å²) in [5.41, 5.74) is 8.05. The molecule has 0 aliphatic heterocycles. The molecule has 2 aromatic rings. The molecule has 0 amide bonds. The Bertz CT molecular complexity index is 597. The molecule has 0 unspecified atom stereocenters. The van der Waals surface area contributed by atoms with Crippen LogP contribution in [0.3, 0.4) is 0 Å². The number of nitrogens with two attached hydrogens (primary N) is 1. The van der Waals surface area contributed by atoms with E-state index >= 15 is 0 Å². The van der Waals surface area contributed by atoms with Crippen LogP contribution in [0.5, 0.6) is 5.75 Å². The van der Waals surface area contributed by atoms with Gasteiger partial charge < -0.3 is 15.8 Å². The molecular formula is C17H21N3O. The first-order valence-electron chi connectivity index (χ1n) is 7.38. The molecule has 1 aromatic heterocycles. The van der Waals surface area contributed by atoms with Crippen molar-refractivity contribution in [3.8, 4) is 16.9 Å². The fourth-order valence-electron chi connectivity index (χ4n) is 2.88. The quantitative estimate of drug-likeness (QED) is 0.905. The summed E-state index contributed by atoms with van der Waals surface area (Å²) in [6.07, 6.45) is 5.12. The lowest BCUT2D eigenvalue weighted by molar-refractivity contribution is 0.416. The van der Waals surface area contributed by atoms with Gasteiger partial charge in [-0.05, 0) is 37.5 Å². The molecule has 1 aliphatic carbocycles. The Balaban J connectivity index is 1.74. The highest BCUT2D eigenvalue weighted by Gasteiger charge is 2.21. The smallest absolute Gasteiger partial charge is 0.126 e. The second-order valence-corrected chi connectivity index (χ2v) is 5.55. The highest BCUT2D eigenvalue weighted by Crippen LogP contribution is 2.29. The molecule has 2 atom stereocenters. The van der Waals surface area contributed by atoms with Gasteiger partial charge in [-0.1, -0.05) is 18.2 Å². The van der Waals surface area contributed by atoms with Crippen LogP contribution >= 0.6 is 0 Å². The molecule has 0 radical (unpaired) electrons. The van der Waals surface area contributed by atoms with Gasteiger partial charge in [0.2, 0.25) is 0 Å². The fourth-order valence-corrected chi connectivity index (χ4v) is 2.88. The third kappa shape index (κ3) is 3.16. The van der Waals surface area contributed by atoms with Gasteiger partial charge in [0.1, 0.15) is 11.6 Å². The highest BCUT2D eigenvalue weighted by molar-refractivity contribution is 5.70. The van der Waals surface area contributed by atoms with Gasteiger partial charge in [0.05, 0.1) is 7.11 Å². The van der Waals surface area contributed by atoms with E-state index in [1.807, 2.05) is 36.5 Å². The van der Waals surface area contributed by atoms with Crippen LogP contribution in [0.15, 0.2) is 42.6 Å². The van der Waals surface area contributed by atoms with Crippen LogP contribution in [-0.2, 0) is 0 Å². The van der Waals surface area contributed by atoms with Crippen molar-refractivity contribution in [3.63, 3.8) is 0 Å². The average Bonchev–Trinajstić information content (AvgIpc) is 2.93. The number of nitrogens with one attached hydrogen (secondary N) is 1. The van der Waals surface area contributed by atoms with Crippen molar-refractivity contribution in [2.45, 2.75) is 31.3 Å². The van der Waals surface area contributed by atoms with Crippen molar-refractivity contribution in [1.82, 2.24) is 4.98 Å². The van der Waals surface area contributed by atoms with E-state index in [0.29, 0.717) is 12.1 Å². The van der Waals surface area contributed by atoms with Crippen molar-refractivity contribution in [3.05, 3.63) is 42.6 Å². The Kier molecular flexibility index (Phi) is 4.06. The van der Waals surface area contributed by atoms with Crippen molar-refractivity contribution in [2.75, 3.05) is 12.4 Å². The van der Waals surface area contributed by atoms with Gasteiger partial charge in [0, 0.05) is 29.4 Å². The van der Waals surface area contributed by atoms with Gasteiger partial charge in [0.25, 0.3) is 0 Å². The number of pyridine rings is 1. The summed E-state index contributed by atoms with van der Waals surface area (Å²) >= 11 is 0. The van der Waals surface area contributed by atoms with E-state index in [4.69, 9.17) is 10.5 Å². The number of nitrogens with zero attached hydrogens (tertiary/aromatic N) is 1. The van der Waals surface area contributed by atoms with Gasteiger partial charge in [-0.15, -0.1) is 0 Å². The molecule has 4 heteroatoms. The molecule has 3 rings (SSSR count). The Labute approximate surface area is 125 Å². The summed E-state index contributed by atoms with van der Waals surface area (Å²) in [7, 11) is 1.69. The second kappa shape index (κ2) is 6.14. The zero-order chi connectivity index (χ0) is 14.7. The molecular weight excluding hydrogens is 262 g/mol. The van der Waals surface area contributed by atoms with E-state index in [1.165, 1.54) is 0 Å². The van der Waals surface area contributed by atoms with E-state index < -0.39 is 0 Å². The van der Waals surface area contributed by atoms with Crippen LogP contribution in [0.2, 0.25) is 0 Å². The second-order valence-electron chi connectivity index (χ2n) is 5.55. The summed E-state index contributed by atoms with van der Waals surface area (Å²) in [5, 5.41) is 3.46. The Morgan fingerprint density at radius 1 is 1.19 bits per heavy atom. The van der Waals surface area contributed by atoms with Gasteiger partial charge in [0.15, 0.2) is 0 Å². The SMILES string of the molecule is COc1ccccc1-c1ccc(N[C@H]2CC[C@H](N)C2)nc1. The van der Waals surface area contributed by atoms with Gasteiger partial charge in [-0.2, -0.15) is 0 Å². The lowest BCUT2D eigenvalue weighted by Crippen LogP contribution is -2.21. The normalized spacial score (nSPS) is 21.2. The Morgan fingerprint density at radius 3 is 2.71 bits per heavy atom. The minimum absolute atomic E-state index is 0.329. The lowest BCUT2D eigenvalue weighted by atomic mass is 10.1. The zero-order valence-electron chi connectivity index (χ0n) is 12.3. The number of hydrogen-bond donors (Lipinski definition) is 2. The van der Waals surface area contributed by atoms with Crippen molar-refractivity contribution in [2.24, 2.45) is 5.73 Å². The van der Waals surface area contributed by atoms with E-state index in [-0.39, 0.29) is 0 Å². The molecule has 21 heavy (non-hydrogen) atoms. The van der Waals surface area contributed by atoms with E-state index in [9.17, 15) is 0 Å². The monoisotopic (exact) mass is 283 g/mol. The van der Waals surface area contributed by atoms with Crippen LogP contribution in [0.25, 0.3) is 11.1 Å². The fraction of sp³-hybridized carbons (Fsp3) is 0.353. The number of ether oxygens (including phenoxy) is 1. The highest BCUT2D eigenvalue weighted by atomic mass is 16.5. The first-order valence-corrected chi connectivity index (χ1v) is 7.38. The predicted molar refractivity (Wildman–Crippen MR) is 85.5 cm³/mol. The number of rotatable bonds is 4. The lowest BCUT2D eigenvalue weighted by Gasteiger charge is -2.14. The summed E-state index contributed by atoms with van der Waals surface area (Å²) in [6.45, 7) is 0. The third-order valence-corrected chi connectivity index (χ3v) is 4.01. The minimum atomic E-state index is 0.329.